The molecule has 74 valence electrons. The van der Waals surface area contributed by atoms with E-state index in [1.54, 1.807) is 0 Å². The minimum atomic E-state index is -0.599. The van der Waals surface area contributed by atoms with Gasteiger partial charge < -0.3 is 4.79 Å². The van der Waals surface area contributed by atoms with Gasteiger partial charge in [-0.3, -0.25) is 0 Å². The predicted molar refractivity (Wildman–Crippen MR) is 67.5 cm³/mol. The Morgan fingerprint density at radius 1 is 1.29 bits per heavy atom. The molecule has 4 heteroatoms. The molecule has 0 saturated carbocycles. The summed E-state index contributed by atoms with van der Waals surface area (Å²) in [5.74, 6) is 0. The zero-order valence-corrected chi connectivity index (χ0v) is 11.8. The van der Waals surface area contributed by atoms with Gasteiger partial charge in [0.15, 0.2) is 0 Å². The highest BCUT2D eigenvalue weighted by Crippen LogP contribution is 2.54. The molecule has 0 aromatic heterocycles. The molecule has 0 saturated heterocycles. The topological polar surface area (TPSA) is 17.1 Å². The summed E-state index contributed by atoms with van der Waals surface area (Å²) < 4.78 is -0.599. The Labute approximate surface area is 108 Å². The third-order valence-electron chi connectivity index (χ3n) is 2.50. The second kappa shape index (κ2) is 3.72. The van der Waals surface area contributed by atoms with Gasteiger partial charge in [-0.05, 0) is 11.1 Å². The maximum Gasteiger partial charge on any atom is 0.142 e. The molecule has 0 spiro atoms. The Kier molecular flexibility index (Phi) is 2.88. The predicted octanol–water partition coefficient (Wildman–Crippen LogP) is 3.69. The van der Waals surface area contributed by atoms with Crippen molar-refractivity contribution >= 4 is 54.1 Å². The van der Waals surface area contributed by atoms with Crippen LogP contribution in [0, 0.1) is 0 Å². The lowest BCUT2D eigenvalue weighted by atomic mass is 10.0. The van der Waals surface area contributed by atoms with Crippen molar-refractivity contribution in [1.82, 2.24) is 0 Å². The van der Waals surface area contributed by atoms with Crippen molar-refractivity contribution in [3.63, 3.8) is 0 Å². The third-order valence-corrected chi connectivity index (χ3v) is 7.20. The Bertz CT molecular complexity index is 379. The van der Waals surface area contributed by atoms with Crippen LogP contribution in [0.2, 0.25) is 0 Å². The molecule has 0 fully saturated rings. The molecule has 2 rings (SSSR count). The first-order valence-electron chi connectivity index (χ1n) is 4.14. The van der Waals surface area contributed by atoms with Crippen LogP contribution in [0.3, 0.4) is 0 Å². The zero-order chi connectivity index (χ0) is 10.3. The molecule has 1 aliphatic rings. The van der Waals surface area contributed by atoms with Crippen molar-refractivity contribution < 1.29 is 4.79 Å². The highest BCUT2D eigenvalue weighted by atomic mass is 79.9. The molecule has 0 aliphatic heterocycles. The van der Waals surface area contributed by atoms with Crippen LogP contribution in [-0.2, 0) is 9.12 Å². The van der Waals surface area contributed by atoms with Gasteiger partial charge >= 0.3 is 0 Å². The summed E-state index contributed by atoms with van der Waals surface area (Å²) in [7, 11) is 0. The van der Waals surface area contributed by atoms with E-state index in [1.807, 2.05) is 24.3 Å². The molecular weight excluding hydrogens is 376 g/mol. The van der Waals surface area contributed by atoms with Crippen molar-refractivity contribution in [3.05, 3.63) is 35.4 Å². The van der Waals surface area contributed by atoms with Crippen LogP contribution in [-0.4, -0.2) is 11.1 Å². The van der Waals surface area contributed by atoms with Gasteiger partial charge in [0.05, 0.1) is 9.65 Å². The third kappa shape index (κ3) is 1.34. The Morgan fingerprint density at radius 3 is 2.57 bits per heavy atom. The number of carbonyl (C=O) groups is 1. The molecule has 0 bridgehead atoms. The first-order valence-corrected chi connectivity index (χ1v) is 6.76. The van der Waals surface area contributed by atoms with Crippen LogP contribution in [0.15, 0.2) is 24.3 Å². The summed E-state index contributed by atoms with van der Waals surface area (Å²) in [5, 5.41) is 0. The van der Waals surface area contributed by atoms with Crippen molar-refractivity contribution in [3.8, 4) is 0 Å². The number of fused-ring (bicyclic) bond motifs is 1. The normalized spacial score (nSPS) is 35.4. The number of rotatable bonds is 1. The first kappa shape index (κ1) is 10.8. The van der Waals surface area contributed by atoms with Gasteiger partial charge in [0.1, 0.15) is 10.6 Å². The standard InChI is InChI=1S/C10H7Br3O/c11-8-6-3-1-2-4-7(6)10(13,5-14)9(8)12/h1-5,8-9H/t8-,9-,10-/m1/s1. The molecule has 1 aromatic carbocycles. The smallest absolute Gasteiger partial charge is 0.142 e. The summed E-state index contributed by atoms with van der Waals surface area (Å²) in [6.07, 6.45) is 0.951. The van der Waals surface area contributed by atoms with E-state index in [0.717, 1.165) is 11.8 Å². The van der Waals surface area contributed by atoms with Crippen molar-refractivity contribution in [2.24, 2.45) is 0 Å². The number of halogens is 3. The van der Waals surface area contributed by atoms with Crippen LogP contribution in [0.4, 0.5) is 0 Å². The van der Waals surface area contributed by atoms with Gasteiger partial charge in [0, 0.05) is 0 Å². The maximum absolute atomic E-state index is 11.1. The Hall–Kier alpha value is 0.330. The molecule has 0 radical (unpaired) electrons. The van der Waals surface area contributed by atoms with Gasteiger partial charge in [-0.1, -0.05) is 72.1 Å². The average molecular weight is 383 g/mol. The van der Waals surface area contributed by atoms with Crippen LogP contribution < -0.4 is 0 Å². The van der Waals surface area contributed by atoms with Crippen LogP contribution in [0.1, 0.15) is 16.0 Å². The number of alkyl halides is 3. The van der Waals surface area contributed by atoms with E-state index >= 15 is 0 Å². The Balaban J connectivity index is 2.64. The van der Waals surface area contributed by atoms with E-state index in [2.05, 4.69) is 47.8 Å². The van der Waals surface area contributed by atoms with Crippen molar-refractivity contribution in [1.29, 1.82) is 0 Å². The monoisotopic (exact) mass is 380 g/mol. The summed E-state index contributed by atoms with van der Waals surface area (Å²) in [6.45, 7) is 0. The fourth-order valence-electron chi connectivity index (χ4n) is 1.73. The SMILES string of the molecule is O=C[C@@]1(Br)c2ccccc2[C@@H](Br)[C@H]1Br. The van der Waals surface area contributed by atoms with Gasteiger partial charge in [0.25, 0.3) is 0 Å². The largest absolute Gasteiger partial charge is 0.301 e. The lowest BCUT2D eigenvalue weighted by Crippen LogP contribution is -2.26. The second-order valence-corrected chi connectivity index (χ2v) is 6.56. The molecule has 0 amide bonds. The van der Waals surface area contributed by atoms with Crippen molar-refractivity contribution in [2.75, 3.05) is 0 Å². The van der Waals surface area contributed by atoms with E-state index in [1.165, 1.54) is 5.56 Å². The number of hydrogen-bond donors (Lipinski definition) is 0. The van der Waals surface area contributed by atoms with Crippen molar-refractivity contribution in [2.45, 2.75) is 14.0 Å². The average Bonchev–Trinajstić information content (AvgIpc) is 2.43. The molecule has 0 unspecified atom stereocenters. The molecule has 0 heterocycles. The maximum atomic E-state index is 11.1. The molecule has 0 N–H and O–H groups in total. The molecule has 1 aromatic rings. The molecule has 1 aliphatic carbocycles. The summed E-state index contributed by atoms with van der Waals surface area (Å²) >= 11 is 10.6. The minimum Gasteiger partial charge on any atom is -0.301 e. The second-order valence-electron chi connectivity index (χ2n) is 3.28. The van der Waals surface area contributed by atoms with E-state index in [4.69, 9.17) is 0 Å². The molecule has 1 nitrogen and oxygen atoms in total. The molecule has 3 atom stereocenters. The van der Waals surface area contributed by atoms with E-state index in [0.29, 0.717) is 0 Å². The van der Waals surface area contributed by atoms with Gasteiger partial charge in [-0.2, -0.15) is 0 Å². The highest BCUT2D eigenvalue weighted by molar-refractivity contribution is 9.13. The van der Waals surface area contributed by atoms with Crippen LogP contribution in [0.5, 0.6) is 0 Å². The first-order chi connectivity index (χ1) is 6.61. The lowest BCUT2D eigenvalue weighted by Gasteiger charge is -2.20. The quantitative estimate of drug-likeness (QED) is 0.535. The van der Waals surface area contributed by atoms with E-state index in [9.17, 15) is 4.79 Å². The molecular formula is C10H7Br3O. The summed E-state index contributed by atoms with van der Waals surface area (Å²) in [4.78, 5) is 11.4. The fraction of sp³-hybridized carbons (Fsp3) is 0.300. The van der Waals surface area contributed by atoms with Crippen LogP contribution in [0.25, 0.3) is 0 Å². The van der Waals surface area contributed by atoms with E-state index < -0.39 is 4.32 Å². The van der Waals surface area contributed by atoms with Gasteiger partial charge in [-0.25, -0.2) is 0 Å². The number of aldehydes is 1. The van der Waals surface area contributed by atoms with Gasteiger partial charge in [0.2, 0.25) is 0 Å². The zero-order valence-electron chi connectivity index (χ0n) is 7.08. The van der Waals surface area contributed by atoms with Crippen LogP contribution >= 0.6 is 47.8 Å². The minimum absolute atomic E-state index is 0.0462. The summed E-state index contributed by atoms with van der Waals surface area (Å²) in [5.41, 5.74) is 2.21. The number of hydrogen-bond acceptors (Lipinski definition) is 1. The number of benzene rings is 1. The highest BCUT2D eigenvalue weighted by Gasteiger charge is 2.48. The fourth-order valence-corrected chi connectivity index (χ4v) is 4.17. The Morgan fingerprint density at radius 2 is 1.93 bits per heavy atom. The number of carbonyl (C=O) groups excluding carboxylic acids is 1. The van der Waals surface area contributed by atoms with Gasteiger partial charge in [-0.15, -0.1) is 0 Å². The molecule has 14 heavy (non-hydrogen) atoms. The summed E-state index contributed by atoms with van der Waals surface area (Å²) in [6, 6.07) is 7.95. The lowest BCUT2D eigenvalue weighted by molar-refractivity contribution is -0.109. The van der Waals surface area contributed by atoms with E-state index in [-0.39, 0.29) is 9.65 Å².